The lowest BCUT2D eigenvalue weighted by molar-refractivity contribution is -0.131. The Hall–Kier alpha value is -2.79. The second-order valence-corrected chi connectivity index (χ2v) is 9.03. The van der Waals surface area contributed by atoms with E-state index >= 15 is 0 Å². The molecule has 11 heteroatoms. The van der Waals surface area contributed by atoms with Crippen molar-refractivity contribution in [1.82, 2.24) is 19.9 Å². The zero-order chi connectivity index (χ0) is 23.6. The van der Waals surface area contributed by atoms with E-state index in [1.165, 1.54) is 11.8 Å². The third-order valence-corrected chi connectivity index (χ3v) is 6.07. The van der Waals surface area contributed by atoms with Gasteiger partial charge < -0.3 is 15.7 Å². The number of thioether (sulfide) groups is 1. The molecule has 0 bridgehead atoms. The average molecular weight is 480 g/mol. The minimum atomic E-state index is -4.27. The van der Waals surface area contributed by atoms with E-state index in [2.05, 4.69) is 20.7 Å². The maximum absolute atomic E-state index is 12.6. The number of aryl methyl sites for hydroxylation is 1. The molecule has 1 aromatic carbocycles. The molecule has 2 heterocycles. The van der Waals surface area contributed by atoms with Gasteiger partial charge in [-0.05, 0) is 43.5 Å². The molecule has 33 heavy (non-hydrogen) atoms. The largest absolute Gasteiger partial charge is 0.396 e. The molecule has 0 spiro atoms. The summed E-state index contributed by atoms with van der Waals surface area (Å²) in [4.78, 5) is 16.8. The number of hydrogen-bond donors (Lipinski definition) is 3. The number of aliphatic hydroxyl groups is 1. The van der Waals surface area contributed by atoms with Crippen molar-refractivity contribution in [3.05, 3.63) is 41.6 Å². The number of aromatic nitrogens is 3. The van der Waals surface area contributed by atoms with Gasteiger partial charge in [-0.3, -0.25) is 4.79 Å². The van der Waals surface area contributed by atoms with Gasteiger partial charge in [0.05, 0.1) is 30.6 Å². The SMILES string of the molecule is Cc1cc(-c2cnc3c(NCCC(F)(F)F)cc(SCCO)nn23)ccc1C(=O)NC1CC1. The van der Waals surface area contributed by atoms with Gasteiger partial charge in [-0.2, -0.15) is 18.3 Å². The fourth-order valence-electron chi connectivity index (χ4n) is 3.40. The quantitative estimate of drug-likeness (QED) is 0.401. The monoisotopic (exact) mass is 479 g/mol. The lowest BCUT2D eigenvalue weighted by Gasteiger charge is -2.12. The summed E-state index contributed by atoms with van der Waals surface area (Å²) in [5, 5.41) is 20.1. The Labute approximate surface area is 192 Å². The van der Waals surface area contributed by atoms with Crippen molar-refractivity contribution in [3.8, 4) is 11.3 Å². The maximum atomic E-state index is 12.6. The third-order valence-electron chi connectivity index (χ3n) is 5.19. The van der Waals surface area contributed by atoms with Crippen molar-refractivity contribution in [2.75, 3.05) is 24.2 Å². The van der Waals surface area contributed by atoms with Gasteiger partial charge in [-0.15, -0.1) is 11.8 Å². The molecule has 0 unspecified atom stereocenters. The van der Waals surface area contributed by atoms with Crippen LogP contribution in [0.15, 0.2) is 35.5 Å². The fraction of sp³-hybridized carbons (Fsp3) is 0.409. The molecule has 3 aromatic rings. The molecule has 3 N–H and O–H groups in total. The summed E-state index contributed by atoms with van der Waals surface area (Å²) < 4.78 is 39.4. The second-order valence-electron chi connectivity index (χ2n) is 7.92. The predicted octanol–water partition coefficient (Wildman–Crippen LogP) is 4.05. The number of fused-ring (bicyclic) bond motifs is 1. The van der Waals surface area contributed by atoms with Crippen LogP contribution in [0.5, 0.6) is 0 Å². The first kappa shape index (κ1) is 23.4. The molecule has 0 atom stereocenters. The highest BCUT2D eigenvalue weighted by atomic mass is 32.2. The van der Waals surface area contributed by atoms with E-state index in [-0.39, 0.29) is 25.1 Å². The number of carbonyl (C=O) groups is 1. The van der Waals surface area contributed by atoms with Gasteiger partial charge in [0, 0.05) is 29.5 Å². The first-order valence-electron chi connectivity index (χ1n) is 10.6. The van der Waals surface area contributed by atoms with Crippen LogP contribution < -0.4 is 10.6 Å². The van der Waals surface area contributed by atoms with Crippen LogP contribution in [0.4, 0.5) is 18.9 Å². The first-order valence-corrected chi connectivity index (χ1v) is 11.6. The van der Waals surface area contributed by atoms with Crippen molar-refractivity contribution in [1.29, 1.82) is 0 Å². The summed E-state index contributed by atoms with van der Waals surface area (Å²) in [6.45, 7) is 1.51. The second kappa shape index (κ2) is 9.60. The standard InChI is InChI=1S/C22H24F3N5O2S/c1-13-10-14(2-5-16(13)21(32)28-15-3-4-15)18-12-27-20-17(26-7-6-22(23,24)25)11-19(29-30(18)20)33-9-8-31/h2,5,10-12,15,26,31H,3-4,6-9H2,1H3,(H,28,32). The first-order chi connectivity index (χ1) is 15.7. The highest BCUT2D eigenvalue weighted by Crippen LogP contribution is 2.29. The molecule has 0 saturated heterocycles. The Morgan fingerprint density at radius 1 is 1.30 bits per heavy atom. The highest BCUT2D eigenvalue weighted by molar-refractivity contribution is 7.99. The molecule has 7 nitrogen and oxygen atoms in total. The van der Waals surface area contributed by atoms with Gasteiger partial charge in [-0.1, -0.05) is 6.07 Å². The smallest absolute Gasteiger partial charge is 0.390 e. The maximum Gasteiger partial charge on any atom is 0.390 e. The Kier molecular flexibility index (Phi) is 6.80. The minimum absolute atomic E-state index is 0.0540. The lowest BCUT2D eigenvalue weighted by Crippen LogP contribution is -2.26. The van der Waals surface area contributed by atoms with Crippen LogP contribution in [-0.2, 0) is 0 Å². The fourth-order valence-corrected chi connectivity index (χ4v) is 4.04. The third kappa shape index (κ3) is 5.77. The zero-order valence-corrected chi connectivity index (χ0v) is 18.8. The Morgan fingerprint density at radius 2 is 2.09 bits per heavy atom. The number of amides is 1. The van der Waals surface area contributed by atoms with Gasteiger partial charge in [-0.25, -0.2) is 9.50 Å². The van der Waals surface area contributed by atoms with Gasteiger partial charge in [0.1, 0.15) is 5.03 Å². The van der Waals surface area contributed by atoms with Crippen LogP contribution in [0.2, 0.25) is 0 Å². The number of nitrogens with one attached hydrogen (secondary N) is 2. The predicted molar refractivity (Wildman–Crippen MR) is 121 cm³/mol. The molecule has 1 aliphatic carbocycles. The molecule has 176 valence electrons. The van der Waals surface area contributed by atoms with Crippen molar-refractivity contribution < 1.29 is 23.1 Å². The van der Waals surface area contributed by atoms with Crippen LogP contribution in [0, 0.1) is 6.92 Å². The number of anilines is 1. The number of aliphatic hydroxyl groups excluding tert-OH is 1. The molecular weight excluding hydrogens is 455 g/mol. The van der Waals surface area contributed by atoms with Gasteiger partial charge in [0.15, 0.2) is 5.65 Å². The number of rotatable bonds is 9. The zero-order valence-electron chi connectivity index (χ0n) is 17.9. The van der Waals surface area contributed by atoms with E-state index in [4.69, 9.17) is 5.11 Å². The Morgan fingerprint density at radius 3 is 2.76 bits per heavy atom. The van der Waals surface area contributed by atoms with Crippen LogP contribution in [0.25, 0.3) is 16.9 Å². The van der Waals surface area contributed by atoms with Gasteiger partial charge >= 0.3 is 6.18 Å². The molecular formula is C22H24F3N5O2S. The van der Waals surface area contributed by atoms with E-state index in [9.17, 15) is 18.0 Å². The summed E-state index contributed by atoms with van der Waals surface area (Å²) in [5.41, 5.74) is 3.65. The average Bonchev–Trinajstić information content (AvgIpc) is 3.46. The van der Waals surface area contributed by atoms with Crippen LogP contribution in [-0.4, -0.2) is 56.7 Å². The van der Waals surface area contributed by atoms with Crippen molar-refractivity contribution >= 4 is 29.0 Å². The molecule has 1 saturated carbocycles. The number of alkyl halides is 3. The number of hydrogen-bond acceptors (Lipinski definition) is 6. The highest BCUT2D eigenvalue weighted by Gasteiger charge is 2.27. The van der Waals surface area contributed by atoms with Crippen molar-refractivity contribution in [2.45, 2.75) is 43.4 Å². The Balaban J connectivity index is 1.66. The van der Waals surface area contributed by atoms with E-state index in [0.717, 1.165) is 24.0 Å². The Bertz CT molecular complexity index is 1160. The van der Waals surface area contributed by atoms with E-state index in [0.29, 0.717) is 33.4 Å². The summed E-state index contributed by atoms with van der Waals surface area (Å²) in [6.07, 6.45) is -1.62. The summed E-state index contributed by atoms with van der Waals surface area (Å²) in [6, 6.07) is 7.34. The van der Waals surface area contributed by atoms with Crippen LogP contribution in [0.1, 0.15) is 35.2 Å². The molecule has 2 aromatic heterocycles. The summed E-state index contributed by atoms with van der Waals surface area (Å²) >= 11 is 1.29. The molecule has 0 radical (unpaired) electrons. The number of nitrogens with zero attached hydrogens (tertiary/aromatic N) is 3. The number of imidazole rings is 1. The normalized spacial score (nSPS) is 14.0. The van der Waals surface area contributed by atoms with Crippen molar-refractivity contribution in [2.24, 2.45) is 0 Å². The molecule has 0 aliphatic heterocycles. The van der Waals surface area contributed by atoms with E-state index < -0.39 is 12.6 Å². The molecule has 1 fully saturated rings. The van der Waals surface area contributed by atoms with Crippen LogP contribution >= 0.6 is 11.8 Å². The number of benzene rings is 1. The van der Waals surface area contributed by atoms with Gasteiger partial charge in [0.25, 0.3) is 5.91 Å². The van der Waals surface area contributed by atoms with Crippen LogP contribution in [0.3, 0.4) is 0 Å². The minimum Gasteiger partial charge on any atom is -0.396 e. The molecule has 1 amide bonds. The summed E-state index contributed by atoms with van der Waals surface area (Å²) in [7, 11) is 0. The van der Waals surface area contributed by atoms with Crippen molar-refractivity contribution in [3.63, 3.8) is 0 Å². The molecule has 4 rings (SSSR count). The topological polar surface area (TPSA) is 91.6 Å². The number of carbonyl (C=O) groups excluding carboxylic acids is 1. The lowest BCUT2D eigenvalue weighted by atomic mass is 10.0. The molecule has 1 aliphatic rings. The number of halogens is 3. The van der Waals surface area contributed by atoms with Gasteiger partial charge in [0.2, 0.25) is 0 Å². The summed E-state index contributed by atoms with van der Waals surface area (Å²) in [5.74, 6) is 0.297. The van der Waals surface area contributed by atoms with E-state index in [1.54, 1.807) is 22.8 Å². The van der Waals surface area contributed by atoms with E-state index in [1.807, 2.05) is 19.1 Å².